The molecule has 0 aliphatic heterocycles. The predicted octanol–water partition coefficient (Wildman–Crippen LogP) is 4.92. The van der Waals surface area contributed by atoms with Gasteiger partial charge in [0.05, 0.1) is 6.33 Å². The number of halogens is 1. The molecule has 0 aliphatic rings. The Labute approximate surface area is 142 Å². The first kappa shape index (κ1) is 17.9. The van der Waals surface area contributed by atoms with E-state index in [1.54, 1.807) is 18.5 Å². The van der Waals surface area contributed by atoms with Crippen LogP contribution in [0.1, 0.15) is 36.8 Å². The summed E-state index contributed by atoms with van der Waals surface area (Å²) in [6.45, 7) is 0.621. The van der Waals surface area contributed by atoms with E-state index in [2.05, 4.69) is 9.97 Å². The SMILES string of the molecule is C.Fc1ccc(C(OCCCc2cnc[nH]2)c2ccccc2)cc1. The highest BCUT2D eigenvalue weighted by Gasteiger charge is 2.14. The number of nitrogens with one attached hydrogen (secondary N) is 1. The van der Waals surface area contributed by atoms with Crippen molar-refractivity contribution >= 4 is 0 Å². The number of rotatable bonds is 7. The lowest BCUT2D eigenvalue weighted by molar-refractivity contribution is 0.0782. The molecular weight excluding hydrogens is 303 g/mol. The minimum atomic E-state index is -0.236. The number of aromatic nitrogens is 2. The zero-order valence-corrected chi connectivity index (χ0v) is 12.8. The van der Waals surface area contributed by atoms with Crippen LogP contribution in [0.5, 0.6) is 0 Å². The fourth-order valence-electron chi connectivity index (χ4n) is 2.54. The maximum atomic E-state index is 13.2. The molecule has 0 aliphatic carbocycles. The standard InChI is InChI=1S/C19H19FN2O.CH4/c20-17-10-8-16(9-11-17)19(15-5-2-1-3-6-15)23-12-4-7-18-13-21-14-22-18;/h1-3,5-6,8-11,13-14,19H,4,7,12H2,(H,21,22);1H4. The summed E-state index contributed by atoms with van der Waals surface area (Å²) in [7, 11) is 0. The molecule has 3 aromatic rings. The molecule has 1 atom stereocenters. The second kappa shape index (κ2) is 8.99. The molecule has 3 nitrogen and oxygen atoms in total. The number of hydrogen-bond acceptors (Lipinski definition) is 2. The van der Waals surface area contributed by atoms with Gasteiger partial charge in [-0.05, 0) is 36.1 Å². The molecule has 0 radical (unpaired) electrons. The van der Waals surface area contributed by atoms with Crippen LogP contribution in [-0.2, 0) is 11.2 Å². The van der Waals surface area contributed by atoms with Gasteiger partial charge in [-0.2, -0.15) is 0 Å². The fraction of sp³-hybridized carbons (Fsp3) is 0.250. The third-order valence-electron chi connectivity index (χ3n) is 3.70. The molecule has 1 heterocycles. The number of aromatic amines is 1. The number of hydrogen-bond donors (Lipinski definition) is 1. The number of benzene rings is 2. The van der Waals surface area contributed by atoms with Crippen LogP contribution in [0.2, 0.25) is 0 Å². The van der Waals surface area contributed by atoms with Crippen molar-refractivity contribution < 1.29 is 9.13 Å². The van der Waals surface area contributed by atoms with E-state index in [4.69, 9.17) is 4.74 Å². The lowest BCUT2D eigenvalue weighted by atomic mass is 10.0. The molecule has 4 heteroatoms. The zero-order valence-electron chi connectivity index (χ0n) is 12.8. The molecule has 0 saturated carbocycles. The van der Waals surface area contributed by atoms with Crippen molar-refractivity contribution in [3.63, 3.8) is 0 Å². The lowest BCUT2D eigenvalue weighted by Gasteiger charge is -2.19. The summed E-state index contributed by atoms with van der Waals surface area (Å²) in [5.74, 6) is -0.236. The zero-order chi connectivity index (χ0) is 15.9. The van der Waals surface area contributed by atoms with Crippen molar-refractivity contribution in [1.29, 1.82) is 0 Å². The van der Waals surface area contributed by atoms with E-state index >= 15 is 0 Å². The average Bonchev–Trinajstić information content (AvgIpc) is 3.10. The van der Waals surface area contributed by atoms with E-state index in [9.17, 15) is 4.39 Å². The third-order valence-corrected chi connectivity index (χ3v) is 3.70. The lowest BCUT2D eigenvalue weighted by Crippen LogP contribution is -2.08. The van der Waals surface area contributed by atoms with E-state index in [1.807, 2.05) is 36.5 Å². The molecule has 1 N–H and O–H groups in total. The molecule has 1 aromatic heterocycles. The Morgan fingerprint density at radius 3 is 2.38 bits per heavy atom. The summed E-state index contributed by atoms with van der Waals surface area (Å²) in [6.07, 6.45) is 5.12. The summed E-state index contributed by atoms with van der Waals surface area (Å²) in [5.41, 5.74) is 3.13. The molecule has 0 fully saturated rings. The molecule has 0 amide bonds. The van der Waals surface area contributed by atoms with E-state index < -0.39 is 0 Å². The smallest absolute Gasteiger partial charge is 0.123 e. The molecule has 126 valence electrons. The van der Waals surface area contributed by atoms with Gasteiger partial charge in [-0.25, -0.2) is 9.37 Å². The van der Waals surface area contributed by atoms with Crippen molar-refractivity contribution in [2.75, 3.05) is 6.61 Å². The highest BCUT2D eigenvalue weighted by molar-refractivity contribution is 5.30. The van der Waals surface area contributed by atoms with Crippen molar-refractivity contribution in [1.82, 2.24) is 9.97 Å². The first-order chi connectivity index (χ1) is 11.3. The first-order valence-electron chi connectivity index (χ1n) is 7.72. The minimum Gasteiger partial charge on any atom is -0.369 e. The maximum Gasteiger partial charge on any atom is 0.123 e. The largest absolute Gasteiger partial charge is 0.369 e. The van der Waals surface area contributed by atoms with Crippen LogP contribution in [0.4, 0.5) is 4.39 Å². The van der Waals surface area contributed by atoms with Gasteiger partial charge in [-0.1, -0.05) is 49.9 Å². The van der Waals surface area contributed by atoms with Crippen LogP contribution in [0.3, 0.4) is 0 Å². The molecule has 3 rings (SSSR count). The van der Waals surface area contributed by atoms with Crippen LogP contribution >= 0.6 is 0 Å². The number of imidazole rings is 1. The topological polar surface area (TPSA) is 37.9 Å². The Balaban J connectivity index is 0.00000208. The van der Waals surface area contributed by atoms with Crippen molar-refractivity contribution in [3.05, 3.63) is 89.8 Å². The van der Waals surface area contributed by atoms with E-state index in [1.165, 1.54) is 12.1 Å². The Hall–Kier alpha value is -2.46. The number of H-pyrrole nitrogens is 1. The highest BCUT2D eigenvalue weighted by Crippen LogP contribution is 2.26. The molecule has 0 bridgehead atoms. The van der Waals surface area contributed by atoms with Crippen molar-refractivity contribution in [3.8, 4) is 0 Å². The molecule has 0 saturated heterocycles. The van der Waals surface area contributed by atoms with Crippen LogP contribution in [-0.4, -0.2) is 16.6 Å². The van der Waals surface area contributed by atoms with Gasteiger partial charge in [0.1, 0.15) is 11.9 Å². The summed E-state index contributed by atoms with van der Waals surface area (Å²) < 4.78 is 19.3. The van der Waals surface area contributed by atoms with Gasteiger partial charge in [-0.3, -0.25) is 0 Å². The summed E-state index contributed by atoms with van der Waals surface area (Å²) in [6, 6.07) is 16.5. The van der Waals surface area contributed by atoms with Gasteiger partial charge < -0.3 is 9.72 Å². The molecule has 2 aromatic carbocycles. The number of aryl methyl sites for hydroxylation is 1. The molecular formula is C20H23FN2O. The average molecular weight is 326 g/mol. The normalized spacial score (nSPS) is 11.7. The van der Waals surface area contributed by atoms with Gasteiger partial charge in [0.25, 0.3) is 0 Å². The van der Waals surface area contributed by atoms with Gasteiger partial charge in [0.2, 0.25) is 0 Å². The summed E-state index contributed by atoms with van der Waals surface area (Å²) in [5, 5.41) is 0. The Kier molecular flexibility index (Phi) is 6.70. The predicted molar refractivity (Wildman–Crippen MR) is 94.3 cm³/mol. The quantitative estimate of drug-likeness (QED) is 0.626. The van der Waals surface area contributed by atoms with Crippen LogP contribution in [0.15, 0.2) is 67.1 Å². The first-order valence-corrected chi connectivity index (χ1v) is 7.72. The van der Waals surface area contributed by atoms with E-state index in [-0.39, 0.29) is 19.3 Å². The maximum absolute atomic E-state index is 13.2. The molecule has 1 unspecified atom stereocenters. The van der Waals surface area contributed by atoms with Crippen molar-refractivity contribution in [2.45, 2.75) is 26.4 Å². The molecule has 24 heavy (non-hydrogen) atoms. The molecule has 0 spiro atoms. The van der Waals surface area contributed by atoms with Crippen LogP contribution in [0, 0.1) is 5.82 Å². The number of nitrogens with zero attached hydrogens (tertiary/aromatic N) is 1. The van der Waals surface area contributed by atoms with Gasteiger partial charge >= 0.3 is 0 Å². The van der Waals surface area contributed by atoms with Gasteiger partial charge in [-0.15, -0.1) is 0 Å². The fourth-order valence-corrected chi connectivity index (χ4v) is 2.54. The van der Waals surface area contributed by atoms with Crippen LogP contribution < -0.4 is 0 Å². The van der Waals surface area contributed by atoms with Gasteiger partial charge in [0.15, 0.2) is 0 Å². The van der Waals surface area contributed by atoms with E-state index in [0.717, 1.165) is 29.7 Å². The monoisotopic (exact) mass is 326 g/mol. The van der Waals surface area contributed by atoms with E-state index in [0.29, 0.717) is 6.61 Å². The number of ether oxygens (including phenoxy) is 1. The Morgan fingerprint density at radius 1 is 1.00 bits per heavy atom. The summed E-state index contributed by atoms with van der Waals surface area (Å²) in [4.78, 5) is 7.09. The minimum absolute atomic E-state index is 0. The van der Waals surface area contributed by atoms with Crippen LogP contribution in [0.25, 0.3) is 0 Å². The Bertz CT molecular complexity index is 696. The summed E-state index contributed by atoms with van der Waals surface area (Å²) >= 11 is 0. The Morgan fingerprint density at radius 2 is 1.71 bits per heavy atom. The third kappa shape index (κ3) is 4.77. The second-order valence-electron chi connectivity index (χ2n) is 5.39. The highest BCUT2D eigenvalue weighted by atomic mass is 19.1. The second-order valence-corrected chi connectivity index (χ2v) is 5.39. The van der Waals surface area contributed by atoms with Gasteiger partial charge in [0, 0.05) is 18.5 Å². The van der Waals surface area contributed by atoms with Crippen molar-refractivity contribution in [2.24, 2.45) is 0 Å².